The predicted molar refractivity (Wildman–Crippen MR) is 76.3 cm³/mol. The molecule has 0 bridgehead atoms. The van der Waals surface area contributed by atoms with Crippen molar-refractivity contribution in [3.05, 3.63) is 39.0 Å². The third-order valence-corrected chi connectivity index (χ3v) is 3.80. The fourth-order valence-electron chi connectivity index (χ4n) is 2.77. The summed E-state index contributed by atoms with van der Waals surface area (Å²) in [5.74, 6) is 0.0205. The van der Waals surface area contributed by atoms with Crippen molar-refractivity contribution in [2.75, 3.05) is 13.1 Å². The van der Waals surface area contributed by atoms with Crippen LogP contribution in [-0.4, -0.2) is 27.7 Å². The van der Waals surface area contributed by atoms with Gasteiger partial charge in [0.1, 0.15) is 5.75 Å². The number of nitrogens with zero attached hydrogens (tertiary/aromatic N) is 1. The number of H-pyrrole nitrogens is 1. The van der Waals surface area contributed by atoms with Gasteiger partial charge in [-0.05, 0) is 37.6 Å². The molecule has 1 fully saturated rings. The molecule has 3 N–H and O–H groups in total. The van der Waals surface area contributed by atoms with Crippen LogP contribution in [0, 0.1) is 0 Å². The van der Waals surface area contributed by atoms with Gasteiger partial charge in [0, 0.05) is 6.54 Å². The maximum atomic E-state index is 12.5. The van der Waals surface area contributed by atoms with Gasteiger partial charge in [-0.1, -0.05) is 6.42 Å². The zero-order chi connectivity index (χ0) is 14.1. The molecular weight excluding hydrogens is 258 g/mol. The minimum absolute atomic E-state index is 0.0205. The van der Waals surface area contributed by atoms with Gasteiger partial charge in [0.05, 0.1) is 16.9 Å². The highest BCUT2D eigenvalue weighted by Gasteiger charge is 2.19. The van der Waals surface area contributed by atoms with Crippen LogP contribution < -0.4 is 16.6 Å². The summed E-state index contributed by atoms with van der Waals surface area (Å²) in [6.07, 6.45) is 2.85. The van der Waals surface area contributed by atoms with Crippen molar-refractivity contribution in [1.82, 2.24) is 14.9 Å². The number of aromatic nitrogens is 2. The number of nitrogens with one attached hydrogen (secondary N) is 2. The zero-order valence-electron chi connectivity index (χ0n) is 11.1. The van der Waals surface area contributed by atoms with Crippen molar-refractivity contribution in [3.63, 3.8) is 0 Å². The second kappa shape index (κ2) is 5.13. The summed E-state index contributed by atoms with van der Waals surface area (Å²) in [6.45, 7) is 1.53. The number of aromatic amines is 1. The zero-order valence-corrected chi connectivity index (χ0v) is 11.1. The van der Waals surface area contributed by atoms with Gasteiger partial charge >= 0.3 is 5.69 Å². The lowest BCUT2D eigenvalue weighted by atomic mass is 10.1. The molecule has 1 aliphatic rings. The SMILES string of the molecule is O=c1[nH]c2ccc(O)cc2c(=O)n1C1CCCCNC1. The van der Waals surface area contributed by atoms with Crippen LogP contribution in [0.4, 0.5) is 0 Å². The molecule has 106 valence electrons. The quantitative estimate of drug-likeness (QED) is 0.715. The molecule has 1 aliphatic heterocycles. The van der Waals surface area contributed by atoms with Crippen LogP contribution in [0.5, 0.6) is 5.75 Å². The van der Waals surface area contributed by atoms with Crippen LogP contribution in [-0.2, 0) is 0 Å². The summed E-state index contributed by atoms with van der Waals surface area (Å²) in [4.78, 5) is 27.4. The van der Waals surface area contributed by atoms with Gasteiger partial charge in [-0.25, -0.2) is 4.79 Å². The van der Waals surface area contributed by atoms with E-state index in [1.54, 1.807) is 6.07 Å². The molecule has 3 rings (SSSR count). The summed E-state index contributed by atoms with van der Waals surface area (Å²) in [7, 11) is 0. The van der Waals surface area contributed by atoms with Crippen molar-refractivity contribution < 1.29 is 5.11 Å². The van der Waals surface area contributed by atoms with Crippen LogP contribution in [0.1, 0.15) is 25.3 Å². The lowest BCUT2D eigenvalue weighted by molar-refractivity contribution is 0.434. The Balaban J connectivity index is 2.19. The van der Waals surface area contributed by atoms with Gasteiger partial charge in [0.15, 0.2) is 0 Å². The molecule has 1 aromatic carbocycles. The van der Waals surface area contributed by atoms with E-state index in [0.29, 0.717) is 17.4 Å². The molecule has 2 heterocycles. The predicted octanol–water partition coefficient (Wildman–Crippen LogP) is 0.710. The number of phenols is 1. The molecule has 0 radical (unpaired) electrons. The van der Waals surface area contributed by atoms with Crippen molar-refractivity contribution in [2.45, 2.75) is 25.3 Å². The molecule has 0 spiro atoms. The standard InChI is InChI=1S/C14H17N3O3/c18-10-4-5-12-11(7-10)13(19)17(14(20)16-12)9-3-1-2-6-15-8-9/h4-5,7,9,15,18H,1-3,6,8H2,(H,16,20). The number of benzene rings is 1. The van der Waals surface area contributed by atoms with E-state index in [9.17, 15) is 14.7 Å². The number of phenolic OH excluding ortho intramolecular Hbond substituents is 1. The number of hydrogen-bond acceptors (Lipinski definition) is 4. The first-order valence-corrected chi connectivity index (χ1v) is 6.85. The average Bonchev–Trinajstić information content (AvgIpc) is 2.69. The molecule has 1 unspecified atom stereocenters. The second-order valence-corrected chi connectivity index (χ2v) is 5.19. The molecule has 20 heavy (non-hydrogen) atoms. The van der Waals surface area contributed by atoms with E-state index >= 15 is 0 Å². The average molecular weight is 275 g/mol. The molecule has 0 aliphatic carbocycles. The van der Waals surface area contributed by atoms with E-state index in [0.717, 1.165) is 25.8 Å². The second-order valence-electron chi connectivity index (χ2n) is 5.19. The van der Waals surface area contributed by atoms with Gasteiger partial charge in [0.2, 0.25) is 0 Å². The molecule has 6 heteroatoms. The minimum atomic E-state index is -0.387. The highest BCUT2D eigenvalue weighted by molar-refractivity contribution is 5.78. The van der Waals surface area contributed by atoms with Crippen LogP contribution in [0.15, 0.2) is 27.8 Å². The van der Waals surface area contributed by atoms with E-state index in [1.807, 2.05) is 0 Å². The maximum absolute atomic E-state index is 12.5. The summed E-state index contributed by atoms with van der Waals surface area (Å²) >= 11 is 0. The van der Waals surface area contributed by atoms with Gasteiger partial charge in [-0.2, -0.15) is 0 Å². The number of fused-ring (bicyclic) bond motifs is 1. The van der Waals surface area contributed by atoms with Gasteiger partial charge < -0.3 is 15.4 Å². The topological polar surface area (TPSA) is 87.1 Å². The van der Waals surface area contributed by atoms with Crippen LogP contribution in [0.2, 0.25) is 0 Å². The largest absolute Gasteiger partial charge is 0.508 e. The number of aromatic hydroxyl groups is 1. The molecule has 6 nitrogen and oxygen atoms in total. The van der Waals surface area contributed by atoms with Gasteiger partial charge in [-0.15, -0.1) is 0 Å². The lowest BCUT2D eigenvalue weighted by Gasteiger charge is -2.17. The van der Waals surface area contributed by atoms with Crippen molar-refractivity contribution in [1.29, 1.82) is 0 Å². The Kier molecular flexibility index (Phi) is 3.31. The van der Waals surface area contributed by atoms with Crippen LogP contribution in [0.25, 0.3) is 10.9 Å². The monoisotopic (exact) mass is 275 g/mol. The Hall–Kier alpha value is -2.08. The van der Waals surface area contributed by atoms with Gasteiger partial charge in [-0.3, -0.25) is 9.36 Å². The van der Waals surface area contributed by atoms with Crippen molar-refractivity contribution >= 4 is 10.9 Å². The molecule has 1 saturated heterocycles. The molecule has 0 amide bonds. The minimum Gasteiger partial charge on any atom is -0.508 e. The number of rotatable bonds is 1. The van der Waals surface area contributed by atoms with E-state index in [4.69, 9.17) is 0 Å². The summed E-state index contributed by atoms with van der Waals surface area (Å²) < 4.78 is 1.28. The molecule has 1 aromatic heterocycles. The Morgan fingerprint density at radius 3 is 2.95 bits per heavy atom. The third kappa shape index (κ3) is 2.22. The first-order valence-electron chi connectivity index (χ1n) is 6.85. The summed E-state index contributed by atoms with van der Waals surface area (Å²) in [5, 5.41) is 13.1. The molecular formula is C14H17N3O3. The third-order valence-electron chi connectivity index (χ3n) is 3.80. The Labute approximate surface area is 115 Å². The van der Waals surface area contributed by atoms with E-state index in [1.165, 1.54) is 16.7 Å². The first-order chi connectivity index (χ1) is 9.66. The van der Waals surface area contributed by atoms with E-state index in [-0.39, 0.29) is 23.0 Å². The normalized spacial score (nSPS) is 19.9. The maximum Gasteiger partial charge on any atom is 0.329 e. The Morgan fingerprint density at radius 2 is 2.10 bits per heavy atom. The Bertz CT molecular complexity index is 739. The van der Waals surface area contributed by atoms with Crippen molar-refractivity contribution in [3.8, 4) is 5.75 Å². The smallest absolute Gasteiger partial charge is 0.329 e. The highest BCUT2D eigenvalue weighted by atomic mass is 16.3. The number of hydrogen-bond donors (Lipinski definition) is 3. The fourth-order valence-corrected chi connectivity index (χ4v) is 2.77. The summed E-state index contributed by atoms with van der Waals surface area (Å²) in [6, 6.07) is 4.26. The van der Waals surface area contributed by atoms with Crippen molar-refractivity contribution in [2.24, 2.45) is 0 Å². The highest BCUT2D eigenvalue weighted by Crippen LogP contribution is 2.17. The molecule has 2 aromatic rings. The molecule has 0 saturated carbocycles. The lowest BCUT2D eigenvalue weighted by Crippen LogP contribution is -2.41. The van der Waals surface area contributed by atoms with Gasteiger partial charge in [0.25, 0.3) is 5.56 Å². The van der Waals surface area contributed by atoms with E-state index < -0.39 is 0 Å². The Morgan fingerprint density at radius 1 is 1.25 bits per heavy atom. The fraction of sp³-hybridized carbons (Fsp3) is 0.429. The first kappa shape index (κ1) is 12.9. The van der Waals surface area contributed by atoms with Crippen LogP contribution >= 0.6 is 0 Å². The van der Waals surface area contributed by atoms with Crippen LogP contribution in [0.3, 0.4) is 0 Å². The molecule has 1 atom stereocenters. The summed E-state index contributed by atoms with van der Waals surface area (Å²) in [5.41, 5.74) is -0.272. The van der Waals surface area contributed by atoms with E-state index in [2.05, 4.69) is 10.3 Å².